The van der Waals surface area contributed by atoms with Gasteiger partial charge in [0, 0.05) is 6.04 Å². The van der Waals surface area contributed by atoms with Crippen molar-refractivity contribution in [2.45, 2.75) is 32.7 Å². The molecule has 15 heavy (non-hydrogen) atoms. The van der Waals surface area contributed by atoms with Crippen molar-refractivity contribution < 1.29 is 4.39 Å². The standard InChI is InChI=1S/C12H17ClFN/c1-3-10(15-4-2)8-9-6-5-7-11(13)12(9)14/h5-7,10,15H,3-4,8H2,1-2H3. The van der Waals surface area contributed by atoms with E-state index in [1.54, 1.807) is 18.2 Å². The third-order valence-electron chi connectivity index (χ3n) is 2.48. The number of hydrogen-bond donors (Lipinski definition) is 1. The molecule has 1 atom stereocenters. The van der Waals surface area contributed by atoms with Crippen molar-refractivity contribution >= 4 is 11.6 Å². The van der Waals surface area contributed by atoms with Crippen LogP contribution in [0.5, 0.6) is 0 Å². The van der Waals surface area contributed by atoms with Crippen molar-refractivity contribution in [3.8, 4) is 0 Å². The maximum atomic E-state index is 13.6. The minimum Gasteiger partial charge on any atom is -0.314 e. The van der Waals surface area contributed by atoms with Crippen molar-refractivity contribution in [1.29, 1.82) is 0 Å². The molecular formula is C12H17ClFN. The highest BCUT2D eigenvalue weighted by molar-refractivity contribution is 6.30. The molecular weight excluding hydrogens is 213 g/mol. The molecule has 0 heterocycles. The molecule has 0 aliphatic rings. The van der Waals surface area contributed by atoms with Gasteiger partial charge in [0.25, 0.3) is 0 Å². The lowest BCUT2D eigenvalue weighted by atomic mass is 10.0. The van der Waals surface area contributed by atoms with E-state index < -0.39 is 0 Å². The van der Waals surface area contributed by atoms with Crippen molar-refractivity contribution in [2.75, 3.05) is 6.54 Å². The smallest absolute Gasteiger partial charge is 0.145 e. The molecule has 0 radical (unpaired) electrons. The van der Waals surface area contributed by atoms with E-state index in [9.17, 15) is 4.39 Å². The summed E-state index contributed by atoms with van der Waals surface area (Å²) in [4.78, 5) is 0. The molecule has 1 aromatic rings. The molecule has 1 unspecified atom stereocenters. The summed E-state index contributed by atoms with van der Waals surface area (Å²) in [6, 6.07) is 5.48. The van der Waals surface area contributed by atoms with Gasteiger partial charge >= 0.3 is 0 Å². The largest absolute Gasteiger partial charge is 0.314 e. The van der Waals surface area contributed by atoms with Crippen molar-refractivity contribution in [3.63, 3.8) is 0 Å². The van der Waals surface area contributed by atoms with E-state index in [1.165, 1.54) is 0 Å². The first-order chi connectivity index (χ1) is 7.19. The van der Waals surface area contributed by atoms with Gasteiger partial charge in [-0.15, -0.1) is 0 Å². The summed E-state index contributed by atoms with van der Waals surface area (Å²) in [6.45, 7) is 5.05. The van der Waals surface area contributed by atoms with Gasteiger partial charge in [-0.25, -0.2) is 4.39 Å². The molecule has 1 aromatic carbocycles. The highest BCUT2D eigenvalue weighted by atomic mass is 35.5. The maximum absolute atomic E-state index is 13.6. The third kappa shape index (κ3) is 3.47. The zero-order valence-corrected chi connectivity index (χ0v) is 9.94. The Hall–Kier alpha value is -0.600. The number of rotatable bonds is 5. The molecule has 0 spiro atoms. The van der Waals surface area contributed by atoms with E-state index in [-0.39, 0.29) is 10.8 Å². The van der Waals surface area contributed by atoms with E-state index in [4.69, 9.17) is 11.6 Å². The lowest BCUT2D eigenvalue weighted by Gasteiger charge is -2.16. The lowest BCUT2D eigenvalue weighted by molar-refractivity contribution is 0.496. The van der Waals surface area contributed by atoms with Gasteiger partial charge in [0.15, 0.2) is 0 Å². The van der Waals surface area contributed by atoms with Crippen LogP contribution in [0, 0.1) is 5.82 Å². The Morgan fingerprint density at radius 2 is 2.13 bits per heavy atom. The van der Waals surface area contributed by atoms with Crippen molar-refractivity contribution in [1.82, 2.24) is 5.32 Å². The molecule has 0 aliphatic carbocycles. The zero-order chi connectivity index (χ0) is 11.3. The summed E-state index contributed by atoms with van der Waals surface area (Å²) in [6.07, 6.45) is 1.68. The monoisotopic (exact) mass is 229 g/mol. The fraction of sp³-hybridized carbons (Fsp3) is 0.500. The number of likely N-dealkylation sites (N-methyl/N-ethyl adjacent to an activating group) is 1. The second kappa shape index (κ2) is 6.09. The molecule has 1 nitrogen and oxygen atoms in total. The summed E-state index contributed by atoms with van der Waals surface area (Å²) >= 11 is 5.72. The van der Waals surface area contributed by atoms with Crippen molar-refractivity contribution in [3.05, 3.63) is 34.6 Å². The Labute approximate surface area is 95.6 Å². The highest BCUT2D eigenvalue weighted by Crippen LogP contribution is 2.19. The second-order valence-corrected chi connectivity index (χ2v) is 3.99. The average molecular weight is 230 g/mol. The summed E-state index contributed by atoms with van der Waals surface area (Å²) in [5, 5.41) is 3.52. The summed E-state index contributed by atoms with van der Waals surface area (Å²) in [7, 11) is 0. The van der Waals surface area contributed by atoms with E-state index in [0.717, 1.165) is 13.0 Å². The molecule has 0 bridgehead atoms. The predicted molar refractivity (Wildman–Crippen MR) is 62.9 cm³/mol. The number of halogens is 2. The maximum Gasteiger partial charge on any atom is 0.145 e. The molecule has 0 fully saturated rings. The molecule has 0 saturated carbocycles. The van der Waals surface area contributed by atoms with Crippen LogP contribution < -0.4 is 5.32 Å². The first kappa shape index (κ1) is 12.5. The first-order valence-electron chi connectivity index (χ1n) is 5.35. The Kier molecular flexibility index (Phi) is 5.06. The SMILES string of the molecule is CCNC(CC)Cc1cccc(Cl)c1F. The third-order valence-corrected chi connectivity index (χ3v) is 2.78. The number of benzene rings is 1. The topological polar surface area (TPSA) is 12.0 Å². The molecule has 3 heteroatoms. The van der Waals surface area contributed by atoms with Gasteiger partial charge in [-0.2, -0.15) is 0 Å². The van der Waals surface area contributed by atoms with Gasteiger partial charge in [-0.3, -0.25) is 0 Å². The summed E-state index contributed by atoms with van der Waals surface area (Å²) in [5.74, 6) is -0.282. The number of nitrogens with one attached hydrogen (secondary N) is 1. The van der Waals surface area contributed by atoms with Gasteiger partial charge < -0.3 is 5.32 Å². The van der Waals surface area contributed by atoms with Crippen LogP contribution in [0.4, 0.5) is 4.39 Å². The van der Waals surface area contributed by atoms with Crippen LogP contribution in [-0.2, 0) is 6.42 Å². The zero-order valence-electron chi connectivity index (χ0n) is 9.19. The molecule has 0 aromatic heterocycles. The molecule has 0 amide bonds. The van der Waals surface area contributed by atoms with Crippen LogP contribution in [0.2, 0.25) is 5.02 Å². The Morgan fingerprint density at radius 1 is 1.40 bits per heavy atom. The fourth-order valence-electron chi connectivity index (χ4n) is 1.62. The minimum absolute atomic E-state index is 0.207. The Bertz CT molecular complexity index is 314. The predicted octanol–water partition coefficient (Wildman–Crippen LogP) is 3.41. The number of hydrogen-bond acceptors (Lipinski definition) is 1. The van der Waals surface area contributed by atoms with Crippen LogP contribution >= 0.6 is 11.6 Å². The molecule has 0 saturated heterocycles. The first-order valence-corrected chi connectivity index (χ1v) is 5.73. The fourth-order valence-corrected chi connectivity index (χ4v) is 1.82. The Balaban J connectivity index is 2.74. The van der Waals surface area contributed by atoms with E-state index in [1.807, 2.05) is 0 Å². The van der Waals surface area contributed by atoms with Crippen LogP contribution in [-0.4, -0.2) is 12.6 Å². The normalized spacial score (nSPS) is 12.8. The van der Waals surface area contributed by atoms with Gasteiger partial charge in [0.2, 0.25) is 0 Å². The van der Waals surface area contributed by atoms with Gasteiger partial charge in [-0.05, 0) is 31.0 Å². The average Bonchev–Trinajstić information content (AvgIpc) is 2.24. The van der Waals surface area contributed by atoms with Crippen LogP contribution in [0.25, 0.3) is 0 Å². The van der Waals surface area contributed by atoms with E-state index in [2.05, 4.69) is 19.2 Å². The highest BCUT2D eigenvalue weighted by Gasteiger charge is 2.11. The Morgan fingerprint density at radius 3 is 2.73 bits per heavy atom. The van der Waals surface area contributed by atoms with Crippen LogP contribution in [0.15, 0.2) is 18.2 Å². The van der Waals surface area contributed by atoms with E-state index >= 15 is 0 Å². The quantitative estimate of drug-likeness (QED) is 0.816. The molecule has 84 valence electrons. The van der Waals surface area contributed by atoms with Crippen molar-refractivity contribution in [2.24, 2.45) is 0 Å². The molecule has 1 rings (SSSR count). The summed E-state index contributed by atoms with van der Waals surface area (Å²) in [5.41, 5.74) is 0.690. The lowest BCUT2D eigenvalue weighted by Crippen LogP contribution is -2.30. The second-order valence-electron chi connectivity index (χ2n) is 3.58. The van der Waals surface area contributed by atoms with Gasteiger partial charge in [-0.1, -0.05) is 37.6 Å². The van der Waals surface area contributed by atoms with E-state index in [0.29, 0.717) is 18.0 Å². The van der Waals surface area contributed by atoms with Crippen LogP contribution in [0.3, 0.4) is 0 Å². The van der Waals surface area contributed by atoms with Gasteiger partial charge in [0.05, 0.1) is 5.02 Å². The summed E-state index contributed by atoms with van der Waals surface area (Å²) < 4.78 is 13.6. The van der Waals surface area contributed by atoms with Gasteiger partial charge in [0.1, 0.15) is 5.82 Å². The molecule has 1 N–H and O–H groups in total. The molecule has 0 aliphatic heterocycles. The van der Waals surface area contributed by atoms with Crippen LogP contribution in [0.1, 0.15) is 25.8 Å². The minimum atomic E-state index is -0.282.